The number of aromatic nitrogens is 3. The molecule has 0 atom stereocenters. The average molecular weight is 578 g/mol. The molecular weight excluding hydrogens is 555 g/mol. The highest BCUT2D eigenvalue weighted by Crippen LogP contribution is 2.39. The number of H-pyrrole nitrogens is 1. The molecule has 4 heterocycles. The van der Waals surface area contributed by atoms with E-state index in [1.165, 1.54) is 4.68 Å². The Morgan fingerprint density at radius 2 is 1.73 bits per heavy atom. The summed E-state index contributed by atoms with van der Waals surface area (Å²) >= 11 is 12.3. The van der Waals surface area contributed by atoms with Crippen LogP contribution in [0.2, 0.25) is 10.0 Å². The molecule has 0 spiro atoms. The van der Waals surface area contributed by atoms with Crippen LogP contribution in [-0.4, -0.2) is 28.4 Å². The number of imide groups is 1. The van der Waals surface area contributed by atoms with Crippen LogP contribution in [0.15, 0.2) is 65.7 Å². The Balaban J connectivity index is 1.59. The standard InChI is InChI=1S/C29H22Cl2N4O5/c1-3-5-21-24(28(37)35(32-21)18-7-9-19(30)20(31)12-18)25-26(33-11-4-6-16(2)14-33)29(38)34(27(25)36)17-8-10-22-23(13-17)40-15-39-22/h4,6-14H,3,5,15H2,1-2H3/p+1. The van der Waals surface area contributed by atoms with Gasteiger partial charge in [0.2, 0.25) is 6.79 Å². The minimum atomic E-state index is -0.623. The van der Waals surface area contributed by atoms with Crippen molar-refractivity contribution in [2.24, 2.45) is 0 Å². The molecule has 0 radical (unpaired) electrons. The van der Waals surface area contributed by atoms with Gasteiger partial charge in [-0.05, 0) is 49.7 Å². The number of anilines is 1. The number of nitrogens with zero attached hydrogens (tertiary/aromatic N) is 3. The van der Waals surface area contributed by atoms with Crippen molar-refractivity contribution >= 4 is 52.0 Å². The van der Waals surface area contributed by atoms with Crippen LogP contribution < -0.4 is 24.5 Å². The number of amides is 2. The first kappa shape index (κ1) is 25.9. The Hall–Kier alpha value is -4.34. The molecule has 0 bridgehead atoms. The first-order valence-corrected chi connectivity index (χ1v) is 13.3. The summed E-state index contributed by atoms with van der Waals surface area (Å²) in [5, 5.41) is 3.76. The molecule has 4 aromatic rings. The van der Waals surface area contributed by atoms with E-state index < -0.39 is 17.4 Å². The zero-order valence-corrected chi connectivity index (χ0v) is 23.0. The molecule has 2 aliphatic heterocycles. The molecule has 6 rings (SSSR count). The number of aryl methyl sites for hydroxylation is 2. The topological polar surface area (TPSA) is 97.5 Å². The molecule has 2 amide bonds. The van der Waals surface area contributed by atoms with Crippen LogP contribution in [-0.2, 0) is 16.0 Å². The zero-order valence-electron chi connectivity index (χ0n) is 21.5. The minimum Gasteiger partial charge on any atom is -0.454 e. The third-order valence-corrected chi connectivity index (χ3v) is 7.50. The largest absolute Gasteiger partial charge is 0.454 e. The van der Waals surface area contributed by atoms with Crippen molar-refractivity contribution in [2.75, 3.05) is 11.7 Å². The van der Waals surface area contributed by atoms with E-state index in [1.807, 2.05) is 19.9 Å². The molecule has 0 fully saturated rings. The third kappa shape index (κ3) is 4.18. The van der Waals surface area contributed by atoms with Crippen molar-refractivity contribution in [3.05, 3.63) is 98.1 Å². The quantitative estimate of drug-likeness (QED) is 0.265. The molecule has 11 heteroatoms. The van der Waals surface area contributed by atoms with Gasteiger partial charge in [0.1, 0.15) is 5.57 Å². The van der Waals surface area contributed by atoms with Gasteiger partial charge in [-0.3, -0.25) is 19.5 Å². The lowest BCUT2D eigenvalue weighted by molar-refractivity contribution is -0.577. The molecule has 0 saturated heterocycles. The van der Waals surface area contributed by atoms with E-state index >= 15 is 0 Å². The first-order chi connectivity index (χ1) is 19.3. The van der Waals surface area contributed by atoms with Crippen molar-refractivity contribution in [3.8, 4) is 17.2 Å². The van der Waals surface area contributed by atoms with E-state index in [4.69, 9.17) is 32.7 Å². The second kappa shape index (κ2) is 10.0. The Kier molecular flexibility index (Phi) is 6.48. The van der Waals surface area contributed by atoms with Gasteiger partial charge < -0.3 is 9.47 Å². The number of carbonyl (C=O) groups excluding carboxylic acids is 2. The van der Waals surface area contributed by atoms with Gasteiger partial charge in [0.05, 0.1) is 27.0 Å². The van der Waals surface area contributed by atoms with Crippen molar-refractivity contribution < 1.29 is 23.6 Å². The summed E-state index contributed by atoms with van der Waals surface area (Å²) in [6.45, 7) is 3.89. The highest BCUT2D eigenvalue weighted by Gasteiger charge is 2.48. The summed E-state index contributed by atoms with van der Waals surface area (Å²) in [6.07, 6.45) is 4.57. The summed E-state index contributed by atoms with van der Waals surface area (Å²) in [4.78, 5) is 43.4. The number of benzene rings is 2. The van der Waals surface area contributed by atoms with Gasteiger partial charge in [-0.25, -0.2) is 9.58 Å². The number of carbonyl (C=O) groups is 2. The molecule has 0 aliphatic carbocycles. The van der Waals surface area contributed by atoms with E-state index in [2.05, 4.69) is 5.10 Å². The number of rotatable bonds is 6. The molecular formula is C29H23Cl2N4O5+. The molecule has 1 N–H and O–H groups in total. The van der Waals surface area contributed by atoms with E-state index in [1.54, 1.807) is 59.4 Å². The van der Waals surface area contributed by atoms with Crippen molar-refractivity contribution in [2.45, 2.75) is 26.7 Å². The Morgan fingerprint density at radius 3 is 2.48 bits per heavy atom. The molecule has 2 aromatic carbocycles. The lowest BCUT2D eigenvalue weighted by atomic mass is 10.0. The van der Waals surface area contributed by atoms with Crippen LogP contribution in [0, 0.1) is 6.92 Å². The van der Waals surface area contributed by atoms with E-state index in [9.17, 15) is 14.4 Å². The van der Waals surface area contributed by atoms with Gasteiger partial charge in [-0.1, -0.05) is 36.5 Å². The van der Waals surface area contributed by atoms with Crippen molar-refractivity contribution in [1.82, 2.24) is 9.78 Å². The molecule has 202 valence electrons. The van der Waals surface area contributed by atoms with Crippen LogP contribution in [0.25, 0.3) is 17.0 Å². The maximum atomic E-state index is 14.2. The SMILES string of the molecule is CCCc1[nH]n(-c2ccc(Cl)c(Cl)c2)c(=O)c1C1=C([n+]2cccc(C)c2)C(=O)N(c2ccc3c(c2)OCO3)C1=O. The Morgan fingerprint density at radius 1 is 0.950 bits per heavy atom. The summed E-state index contributed by atoms with van der Waals surface area (Å²) in [5.41, 5.74) is 1.84. The molecule has 2 aromatic heterocycles. The summed E-state index contributed by atoms with van der Waals surface area (Å²) in [7, 11) is 0. The summed E-state index contributed by atoms with van der Waals surface area (Å²) in [6, 6.07) is 13.3. The van der Waals surface area contributed by atoms with Crippen LogP contribution in [0.1, 0.15) is 30.2 Å². The lowest BCUT2D eigenvalue weighted by Crippen LogP contribution is -2.39. The third-order valence-electron chi connectivity index (χ3n) is 6.76. The van der Waals surface area contributed by atoms with Gasteiger partial charge in [0.15, 0.2) is 23.9 Å². The predicted octanol–water partition coefficient (Wildman–Crippen LogP) is 4.69. The Labute approximate surface area is 238 Å². The van der Waals surface area contributed by atoms with Crippen molar-refractivity contribution in [3.63, 3.8) is 0 Å². The second-order valence-corrected chi connectivity index (χ2v) is 10.3. The average Bonchev–Trinajstić information content (AvgIpc) is 3.59. The maximum Gasteiger partial charge on any atom is 0.331 e. The van der Waals surface area contributed by atoms with E-state index in [-0.39, 0.29) is 28.6 Å². The number of nitrogens with one attached hydrogen (secondary N) is 1. The van der Waals surface area contributed by atoms with Gasteiger partial charge in [0, 0.05) is 23.4 Å². The second-order valence-electron chi connectivity index (χ2n) is 9.45. The number of aromatic amines is 1. The van der Waals surface area contributed by atoms with E-state index in [0.717, 1.165) is 10.5 Å². The fourth-order valence-corrected chi connectivity index (χ4v) is 5.24. The summed E-state index contributed by atoms with van der Waals surface area (Å²) < 4.78 is 13.8. The Bertz CT molecular complexity index is 1810. The molecule has 2 aliphatic rings. The first-order valence-electron chi connectivity index (χ1n) is 12.6. The molecule has 9 nitrogen and oxygen atoms in total. The predicted molar refractivity (Wildman–Crippen MR) is 150 cm³/mol. The van der Waals surface area contributed by atoms with Crippen LogP contribution >= 0.6 is 23.2 Å². The van der Waals surface area contributed by atoms with Gasteiger partial charge in [-0.15, -0.1) is 0 Å². The lowest BCUT2D eigenvalue weighted by Gasteiger charge is -2.14. The molecule has 40 heavy (non-hydrogen) atoms. The highest BCUT2D eigenvalue weighted by molar-refractivity contribution is 6.53. The maximum absolute atomic E-state index is 14.2. The number of halogens is 2. The van der Waals surface area contributed by atoms with Gasteiger partial charge in [0.25, 0.3) is 17.2 Å². The number of hydrogen-bond acceptors (Lipinski definition) is 5. The fourth-order valence-electron chi connectivity index (χ4n) is 4.95. The number of ether oxygens (including phenoxy) is 2. The highest BCUT2D eigenvalue weighted by atomic mass is 35.5. The monoisotopic (exact) mass is 577 g/mol. The molecule has 0 saturated carbocycles. The van der Waals surface area contributed by atoms with Crippen LogP contribution in [0.5, 0.6) is 11.5 Å². The van der Waals surface area contributed by atoms with Crippen LogP contribution in [0.3, 0.4) is 0 Å². The number of hydrogen-bond donors (Lipinski definition) is 1. The number of pyridine rings is 1. The van der Waals surface area contributed by atoms with Gasteiger partial charge in [-0.2, -0.15) is 4.57 Å². The fraction of sp³-hybridized carbons (Fsp3) is 0.172. The van der Waals surface area contributed by atoms with Crippen LogP contribution in [0.4, 0.5) is 5.69 Å². The normalized spacial score (nSPS) is 14.6. The smallest absolute Gasteiger partial charge is 0.331 e. The van der Waals surface area contributed by atoms with E-state index in [0.29, 0.717) is 46.4 Å². The zero-order chi connectivity index (χ0) is 28.1. The number of fused-ring (bicyclic) bond motifs is 1. The van der Waals surface area contributed by atoms with Crippen molar-refractivity contribution in [1.29, 1.82) is 0 Å². The summed E-state index contributed by atoms with van der Waals surface area (Å²) in [5.74, 6) is -0.252. The molecule has 0 unspecified atom stereocenters. The minimum absolute atomic E-state index is 0.00165. The van der Waals surface area contributed by atoms with Gasteiger partial charge >= 0.3 is 5.91 Å².